The number of carbonyl (C=O) groups is 4. The van der Waals surface area contributed by atoms with Gasteiger partial charge < -0.3 is 29.2 Å². The fraction of sp³-hybridized carbons (Fsp3) is 0.628. The molecule has 58 heavy (non-hydrogen) atoms. The lowest BCUT2D eigenvalue weighted by Gasteiger charge is -2.41. The average molecular weight is 810 g/mol. The van der Waals surface area contributed by atoms with Crippen LogP contribution in [0.25, 0.3) is 0 Å². The van der Waals surface area contributed by atoms with Crippen molar-refractivity contribution in [1.82, 2.24) is 20.4 Å². The summed E-state index contributed by atoms with van der Waals surface area (Å²) in [6, 6.07) is 5.04. The number of nitrogens with one attached hydrogen (secondary N) is 3. The van der Waals surface area contributed by atoms with Crippen LogP contribution in [-0.4, -0.2) is 102 Å². The molecule has 0 spiro atoms. The summed E-state index contributed by atoms with van der Waals surface area (Å²) in [5.41, 5.74) is 1.88. The highest BCUT2D eigenvalue weighted by atomic mass is 16.6. The number of likely N-dealkylation sites (tertiary alicyclic amines) is 1. The molecule has 1 aromatic carbocycles. The number of aliphatic imine (C=N–C) groups is 2. The predicted octanol–water partition coefficient (Wildman–Crippen LogP) is 8.34. The molecular formula is C43H67N7O8. The number of benzene rings is 1. The van der Waals surface area contributed by atoms with Gasteiger partial charge in [0.05, 0.1) is 31.8 Å². The average Bonchev–Trinajstić information content (AvgIpc) is 3.52. The van der Waals surface area contributed by atoms with Crippen LogP contribution >= 0.6 is 0 Å². The number of fused-ring (bicyclic) bond motifs is 3. The van der Waals surface area contributed by atoms with E-state index in [9.17, 15) is 19.2 Å². The van der Waals surface area contributed by atoms with Crippen LogP contribution < -0.4 is 16.0 Å². The van der Waals surface area contributed by atoms with Crippen LogP contribution in [-0.2, 0) is 18.9 Å². The van der Waals surface area contributed by atoms with Crippen molar-refractivity contribution in [2.75, 3.05) is 38.6 Å². The number of nitrogens with zero attached hydrogens (tertiary/aromatic N) is 4. The van der Waals surface area contributed by atoms with E-state index in [1.54, 1.807) is 68.4 Å². The summed E-state index contributed by atoms with van der Waals surface area (Å²) < 4.78 is 22.1. The Morgan fingerprint density at radius 2 is 1.41 bits per heavy atom. The van der Waals surface area contributed by atoms with Crippen LogP contribution in [0, 0.1) is 5.92 Å². The molecule has 3 atom stereocenters. The number of allylic oxidation sites excluding steroid dienone is 2. The van der Waals surface area contributed by atoms with Gasteiger partial charge in [-0.2, -0.15) is 0 Å². The molecule has 322 valence electrons. The second kappa shape index (κ2) is 20.1. The topological polar surface area (TPSA) is 172 Å². The molecule has 1 aromatic rings. The lowest BCUT2D eigenvalue weighted by atomic mass is 9.80. The Morgan fingerprint density at radius 3 is 1.97 bits per heavy atom. The molecule has 1 saturated heterocycles. The van der Waals surface area contributed by atoms with Gasteiger partial charge in [-0.1, -0.05) is 23.3 Å². The third-order valence-electron chi connectivity index (χ3n) is 8.84. The molecule has 15 heteroatoms. The Morgan fingerprint density at radius 1 is 0.845 bits per heavy atom. The summed E-state index contributed by atoms with van der Waals surface area (Å²) in [5, 5.41) is 9.34. The smallest absolute Gasteiger partial charge is 0.417 e. The first-order chi connectivity index (χ1) is 26.9. The van der Waals surface area contributed by atoms with E-state index in [0.717, 1.165) is 28.8 Å². The van der Waals surface area contributed by atoms with E-state index < -0.39 is 41.1 Å². The fourth-order valence-corrected chi connectivity index (χ4v) is 6.53. The lowest BCUT2D eigenvalue weighted by molar-refractivity contribution is 0.0353. The van der Waals surface area contributed by atoms with Crippen molar-refractivity contribution in [1.29, 1.82) is 0 Å². The third-order valence-corrected chi connectivity index (χ3v) is 8.84. The van der Waals surface area contributed by atoms with E-state index in [1.165, 1.54) is 12.0 Å². The number of hydrogen-bond acceptors (Lipinski definition) is 11. The molecule has 2 heterocycles. The molecule has 0 radical (unpaired) electrons. The number of guanidine groups is 2. The molecule has 1 fully saturated rings. The number of hydrogen-bond donors (Lipinski definition) is 3. The number of ether oxygens (including phenoxy) is 4. The Bertz CT molecular complexity index is 1760. The van der Waals surface area contributed by atoms with Gasteiger partial charge in [-0.15, -0.1) is 0 Å². The zero-order valence-electron chi connectivity index (χ0n) is 37.1. The van der Waals surface area contributed by atoms with Crippen LogP contribution in [0.5, 0.6) is 0 Å². The molecule has 3 amide bonds. The second-order valence-corrected chi connectivity index (χ2v) is 18.1. The van der Waals surface area contributed by atoms with Gasteiger partial charge in [-0.3, -0.25) is 10.6 Å². The summed E-state index contributed by atoms with van der Waals surface area (Å²) in [4.78, 5) is 65.7. The van der Waals surface area contributed by atoms with Crippen molar-refractivity contribution in [3.05, 3.63) is 52.6 Å². The summed E-state index contributed by atoms with van der Waals surface area (Å²) in [7, 11) is 1.35. The Kier molecular flexibility index (Phi) is 16.4. The predicted molar refractivity (Wildman–Crippen MR) is 227 cm³/mol. The van der Waals surface area contributed by atoms with Crippen molar-refractivity contribution in [3.8, 4) is 0 Å². The lowest BCUT2D eigenvalue weighted by Crippen LogP contribution is -2.50. The highest BCUT2D eigenvalue weighted by Gasteiger charge is 2.46. The minimum Gasteiger partial charge on any atom is -0.465 e. The number of rotatable bonds is 9. The Hall–Kier alpha value is -5.08. The number of amides is 3. The quantitative estimate of drug-likeness (QED) is 0.0724. The number of esters is 1. The van der Waals surface area contributed by atoms with Crippen molar-refractivity contribution >= 4 is 41.9 Å². The van der Waals surface area contributed by atoms with Crippen LogP contribution in [0.1, 0.15) is 131 Å². The van der Waals surface area contributed by atoms with Crippen LogP contribution in [0.15, 0.2) is 51.5 Å². The maximum atomic E-state index is 13.8. The van der Waals surface area contributed by atoms with Crippen molar-refractivity contribution in [2.45, 2.75) is 138 Å². The molecular weight excluding hydrogens is 743 g/mol. The van der Waals surface area contributed by atoms with E-state index in [2.05, 4.69) is 25.8 Å². The monoisotopic (exact) mass is 810 g/mol. The zero-order valence-corrected chi connectivity index (χ0v) is 37.1. The van der Waals surface area contributed by atoms with Gasteiger partial charge in [0.1, 0.15) is 16.8 Å². The van der Waals surface area contributed by atoms with Gasteiger partial charge in [0.2, 0.25) is 11.9 Å². The van der Waals surface area contributed by atoms with Gasteiger partial charge in [-0.05, 0) is 133 Å². The maximum absolute atomic E-state index is 13.8. The standard InChI is InChI=1S/C43H67N7O8/c1-27(2)19-22-44-36(47-38(52)56-41(5,6)7)49-25-21-30-32(46-33-18-17-29(35(51)55-14)26-31(33)34(30)49)16-15-24-50(40(54)58-43(11,12)13)37(45-23-20-28(3)4)48-39(53)57-42(8,9)10/h17-20,26,30,32,34,46H,15-16,21-25H2,1-14H3,(H,44,47,52)(H,45,48,53)/t30-,32-,34-/m0/s1. The van der Waals surface area contributed by atoms with Gasteiger partial charge in [0.15, 0.2) is 0 Å². The van der Waals surface area contributed by atoms with Gasteiger partial charge in [-0.25, -0.2) is 34.1 Å². The number of alkyl carbamates (subject to hydrolysis) is 2. The largest absolute Gasteiger partial charge is 0.465 e. The van der Waals surface area contributed by atoms with Crippen molar-refractivity contribution in [2.24, 2.45) is 15.9 Å². The summed E-state index contributed by atoms with van der Waals surface area (Å²) in [6.45, 7) is 25.1. The highest BCUT2D eigenvalue weighted by molar-refractivity contribution is 6.01. The summed E-state index contributed by atoms with van der Waals surface area (Å²) in [5.74, 6) is -0.0701. The summed E-state index contributed by atoms with van der Waals surface area (Å²) >= 11 is 0. The highest BCUT2D eigenvalue weighted by Crippen LogP contribution is 2.47. The van der Waals surface area contributed by atoms with E-state index in [0.29, 0.717) is 37.5 Å². The molecule has 3 N–H and O–H groups in total. The number of anilines is 1. The number of methoxy groups -OCH3 is 1. The van der Waals surface area contributed by atoms with E-state index in [1.807, 2.05) is 52.0 Å². The van der Waals surface area contributed by atoms with Crippen LogP contribution in [0.4, 0.5) is 20.1 Å². The molecule has 0 unspecified atom stereocenters. The molecule has 0 saturated carbocycles. The molecule has 2 aliphatic heterocycles. The summed E-state index contributed by atoms with van der Waals surface area (Å²) in [6.07, 6.45) is 3.66. The SMILES string of the molecule is COC(=O)c1ccc2c(c1)[C@@H]1[C@@H](CCN1C(=NCC=C(C)C)NC(=O)OC(C)(C)C)[C@H](CCCN(C(=O)OC(C)(C)C)C(=NCC=C(C)C)NC(=O)OC(C)(C)C)N2. The van der Waals surface area contributed by atoms with Gasteiger partial charge >= 0.3 is 24.2 Å². The first-order valence-electron chi connectivity index (χ1n) is 20.0. The molecule has 0 aromatic heterocycles. The first kappa shape index (κ1) is 47.3. The van der Waals surface area contributed by atoms with E-state index >= 15 is 0 Å². The zero-order chi connectivity index (χ0) is 43.6. The molecule has 3 rings (SSSR count). The van der Waals surface area contributed by atoms with Gasteiger partial charge in [0, 0.05) is 30.7 Å². The molecule has 0 aliphatic carbocycles. The minimum atomic E-state index is -0.817. The van der Waals surface area contributed by atoms with E-state index in [-0.39, 0.29) is 37.1 Å². The normalized spacial score (nSPS) is 18.1. The van der Waals surface area contributed by atoms with Gasteiger partial charge in [0.25, 0.3) is 0 Å². The Labute approximate surface area is 345 Å². The first-order valence-corrected chi connectivity index (χ1v) is 20.0. The molecule has 2 aliphatic rings. The van der Waals surface area contributed by atoms with Crippen LogP contribution in [0.3, 0.4) is 0 Å². The van der Waals surface area contributed by atoms with E-state index in [4.69, 9.17) is 23.9 Å². The second-order valence-electron chi connectivity index (χ2n) is 18.1. The van der Waals surface area contributed by atoms with Crippen LogP contribution in [0.2, 0.25) is 0 Å². The molecule has 15 nitrogen and oxygen atoms in total. The number of carbonyl (C=O) groups excluding carboxylic acids is 4. The maximum Gasteiger partial charge on any atom is 0.417 e. The fourth-order valence-electron chi connectivity index (χ4n) is 6.53. The van der Waals surface area contributed by atoms with Crippen molar-refractivity contribution in [3.63, 3.8) is 0 Å². The Balaban J connectivity index is 2.03. The minimum absolute atomic E-state index is 0.00449. The third kappa shape index (κ3) is 15.0. The van der Waals surface area contributed by atoms with Crippen molar-refractivity contribution < 1.29 is 38.1 Å². The molecule has 0 bridgehead atoms.